The van der Waals surface area contributed by atoms with Gasteiger partial charge in [0.05, 0.1) is 5.69 Å². The number of anilines is 1. The summed E-state index contributed by atoms with van der Waals surface area (Å²) in [6.07, 6.45) is 8.07. The van der Waals surface area contributed by atoms with Crippen molar-refractivity contribution in [1.29, 1.82) is 5.26 Å². The third-order valence-corrected chi connectivity index (χ3v) is 4.04. The summed E-state index contributed by atoms with van der Waals surface area (Å²) in [6, 6.07) is 2.89. The van der Waals surface area contributed by atoms with Gasteiger partial charge in [0.15, 0.2) is 0 Å². The molecule has 2 N–H and O–H groups in total. The normalized spacial score (nSPS) is 16.6. The highest BCUT2D eigenvalue weighted by Gasteiger charge is 2.13. The zero-order valence-electron chi connectivity index (χ0n) is 12.6. The summed E-state index contributed by atoms with van der Waals surface area (Å²) < 4.78 is 1.75. The number of aromatic nitrogens is 2. The maximum atomic E-state index is 9.15. The smallest absolute Gasteiger partial charge is 0.142 e. The van der Waals surface area contributed by atoms with Crippen LogP contribution in [0.4, 0.5) is 5.82 Å². The molecule has 5 heteroatoms. The van der Waals surface area contributed by atoms with E-state index in [4.69, 9.17) is 5.26 Å². The largest absolute Gasteiger partial charge is 0.368 e. The summed E-state index contributed by atoms with van der Waals surface area (Å²) in [6.45, 7) is 3.62. The van der Waals surface area contributed by atoms with Crippen molar-refractivity contribution in [2.75, 3.05) is 18.4 Å². The first kappa shape index (κ1) is 14.9. The Kier molecular flexibility index (Phi) is 5.42. The van der Waals surface area contributed by atoms with E-state index in [0.29, 0.717) is 11.6 Å². The number of rotatable bonds is 5. The summed E-state index contributed by atoms with van der Waals surface area (Å²) in [7, 11) is 1.87. The molecule has 0 atom stereocenters. The molecule has 110 valence electrons. The van der Waals surface area contributed by atoms with Crippen molar-refractivity contribution in [2.45, 2.75) is 51.5 Å². The molecule has 20 heavy (non-hydrogen) atoms. The minimum Gasteiger partial charge on any atom is -0.368 e. The van der Waals surface area contributed by atoms with E-state index in [1.165, 1.54) is 38.5 Å². The minimum absolute atomic E-state index is 0.655. The Bertz CT molecular complexity index is 463. The van der Waals surface area contributed by atoms with E-state index in [-0.39, 0.29) is 0 Å². The van der Waals surface area contributed by atoms with Gasteiger partial charge in [0.25, 0.3) is 0 Å². The quantitative estimate of drug-likeness (QED) is 0.639. The Hall–Kier alpha value is -1.54. The third-order valence-electron chi connectivity index (χ3n) is 4.04. The molecule has 0 bridgehead atoms. The monoisotopic (exact) mass is 275 g/mol. The fourth-order valence-corrected chi connectivity index (χ4v) is 2.94. The molecular weight excluding hydrogens is 250 g/mol. The number of hydrogen-bond donors (Lipinski definition) is 2. The van der Waals surface area contributed by atoms with Gasteiger partial charge in [0.2, 0.25) is 0 Å². The molecule has 2 rings (SSSR count). The van der Waals surface area contributed by atoms with Crippen molar-refractivity contribution >= 4 is 5.82 Å². The lowest BCUT2D eigenvalue weighted by Crippen LogP contribution is -2.32. The lowest BCUT2D eigenvalue weighted by atomic mass is 10.1. The Morgan fingerprint density at radius 1 is 1.25 bits per heavy atom. The van der Waals surface area contributed by atoms with Crippen molar-refractivity contribution in [3.63, 3.8) is 0 Å². The third kappa shape index (κ3) is 3.73. The number of hydrogen-bond acceptors (Lipinski definition) is 4. The summed E-state index contributed by atoms with van der Waals surface area (Å²) in [5.74, 6) is 0.827. The van der Waals surface area contributed by atoms with Gasteiger partial charge in [-0.1, -0.05) is 25.7 Å². The van der Waals surface area contributed by atoms with Gasteiger partial charge in [-0.25, -0.2) is 0 Å². The van der Waals surface area contributed by atoms with Crippen LogP contribution < -0.4 is 10.6 Å². The van der Waals surface area contributed by atoms with Crippen molar-refractivity contribution in [2.24, 2.45) is 7.05 Å². The van der Waals surface area contributed by atoms with E-state index in [0.717, 1.165) is 24.6 Å². The summed E-state index contributed by atoms with van der Waals surface area (Å²) in [5, 5.41) is 20.4. The van der Waals surface area contributed by atoms with Crippen LogP contribution in [0.3, 0.4) is 0 Å². The maximum absolute atomic E-state index is 9.15. The van der Waals surface area contributed by atoms with Crippen LogP contribution >= 0.6 is 0 Å². The van der Waals surface area contributed by atoms with Gasteiger partial charge >= 0.3 is 0 Å². The van der Waals surface area contributed by atoms with Crippen LogP contribution in [-0.2, 0) is 7.05 Å². The Labute approximate surface area is 121 Å². The molecule has 0 saturated heterocycles. The minimum atomic E-state index is 0.655. The summed E-state index contributed by atoms with van der Waals surface area (Å²) in [4.78, 5) is 0. The molecule has 1 aromatic heterocycles. The highest BCUT2D eigenvalue weighted by atomic mass is 15.3. The molecule has 1 heterocycles. The molecular formula is C15H25N5. The van der Waals surface area contributed by atoms with Crippen LogP contribution in [0.25, 0.3) is 0 Å². The van der Waals surface area contributed by atoms with E-state index in [1.807, 2.05) is 14.0 Å². The molecule has 1 aliphatic carbocycles. The lowest BCUT2D eigenvalue weighted by molar-refractivity contribution is 0.468. The Morgan fingerprint density at radius 2 is 1.95 bits per heavy atom. The fraction of sp³-hybridized carbons (Fsp3) is 0.733. The molecule has 0 radical (unpaired) electrons. The molecule has 0 unspecified atom stereocenters. The molecule has 1 aromatic rings. The van der Waals surface area contributed by atoms with E-state index in [9.17, 15) is 0 Å². The average molecular weight is 275 g/mol. The van der Waals surface area contributed by atoms with Gasteiger partial charge in [0, 0.05) is 26.2 Å². The number of aryl methyl sites for hydroxylation is 2. The van der Waals surface area contributed by atoms with Crippen LogP contribution in [0, 0.1) is 18.3 Å². The van der Waals surface area contributed by atoms with Gasteiger partial charge < -0.3 is 10.6 Å². The summed E-state index contributed by atoms with van der Waals surface area (Å²) >= 11 is 0. The van der Waals surface area contributed by atoms with E-state index >= 15 is 0 Å². The zero-order valence-corrected chi connectivity index (χ0v) is 12.6. The molecule has 5 nitrogen and oxygen atoms in total. The zero-order chi connectivity index (χ0) is 14.4. The van der Waals surface area contributed by atoms with Gasteiger partial charge in [-0.15, -0.1) is 0 Å². The first-order valence-electron chi connectivity index (χ1n) is 7.63. The van der Waals surface area contributed by atoms with Crippen molar-refractivity contribution in [3.05, 3.63) is 11.3 Å². The van der Waals surface area contributed by atoms with Crippen LogP contribution in [0.5, 0.6) is 0 Å². The van der Waals surface area contributed by atoms with Gasteiger partial charge in [0.1, 0.15) is 17.5 Å². The second-order valence-electron chi connectivity index (χ2n) is 5.61. The van der Waals surface area contributed by atoms with Crippen molar-refractivity contribution in [1.82, 2.24) is 15.1 Å². The van der Waals surface area contributed by atoms with E-state index < -0.39 is 0 Å². The van der Waals surface area contributed by atoms with E-state index in [2.05, 4.69) is 21.8 Å². The van der Waals surface area contributed by atoms with Crippen molar-refractivity contribution in [3.8, 4) is 6.07 Å². The maximum Gasteiger partial charge on any atom is 0.142 e. The molecule has 1 aliphatic rings. The Balaban J connectivity index is 1.77. The lowest BCUT2D eigenvalue weighted by Gasteiger charge is -2.16. The molecule has 0 spiro atoms. The van der Waals surface area contributed by atoms with E-state index in [1.54, 1.807) is 4.68 Å². The topological polar surface area (TPSA) is 65.7 Å². The van der Waals surface area contributed by atoms with Crippen LogP contribution in [-0.4, -0.2) is 28.9 Å². The van der Waals surface area contributed by atoms with Crippen LogP contribution in [0.15, 0.2) is 0 Å². The fourth-order valence-electron chi connectivity index (χ4n) is 2.94. The SMILES string of the molecule is Cc1nn(C)c(NCCNC2CCCCCC2)c1C#N. The number of nitrogens with one attached hydrogen (secondary N) is 2. The molecule has 0 amide bonds. The van der Waals surface area contributed by atoms with Gasteiger partial charge in [-0.05, 0) is 19.8 Å². The van der Waals surface area contributed by atoms with Crippen LogP contribution in [0.2, 0.25) is 0 Å². The molecule has 0 aliphatic heterocycles. The molecule has 1 fully saturated rings. The highest BCUT2D eigenvalue weighted by Crippen LogP contribution is 2.18. The predicted octanol–water partition coefficient (Wildman–Crippen LogP) is 2.32. The molecule has 0 aromatic carbocycles. The number of nitriles is 1. The first-order valence-corrected chi connectivity index (χ1v) is 7.63. The van der Waals surface area contributed by atoms with Gasteiger partial charge in [-0.2, -0.15) is 10.4 Å². The second-order valence-corrected chi connectivity index (χ2v) is 5.61. The Morgan fingerprint density at radius 3 is 2.60 bits per heavy atom. The van der Waals surface area contributed by atoms with Crippen LogP contribution in [0.1, 0.15) is 49.8 Å². The summed E-state index contributed by atoms with van der Waals surface area (Å²) in [5.41, 5.74) is 1.44. The van der Waals surface area contributed by atoms with Crippen molar-refractivity contribution < 1.29 is 0 Å². The molecule has 1 saturated carbocycles. The predicted molar refractivity (Wildman–Crippen MR) is 80.6 cm³/mol. The van der Waals surface area contributed by atoms with Gasteiger partial charge in [-0.3, -0.25) is 4.68 Å². The standard InChI is InChI=1S/C15H25N5/c1-12-14(11-16)15(20(2)19-12)18-10-9-17-13-7-5-3-4-6-8-13/h13,17-18H,3-10H2,1-2H3. The average Bonchev–Trinajstić information content (AvgIpc) is 2.62. The highest BCUT2D eigenvalue weighted by molar-refractivity contribution is 5.54. The number of nitrogens with zero attached hydrogens (tertiary/aromatic N) is 3. The first-order chi connectivity index (χ1) is 9.72. The second kappa shape index (κ2) is 7.30.